The molecule has 3 aromatic rings. The first-order valence-corrected chi connectivity index (χ1v) is 12.5. The Morgan fingerprint density at radius 1 is 0.895 bits per heavy atom. The summed E-state index contributed by atoms with van der Waals surface area (Å²) in [6.07, 6.45) is 0.923. The van der Waals surface area contributed by atoms with Crippen LogP contribution in [0.5, 0.6) is 11.5 Å². The zero-order chi connectivity index (χ0) is 26.8. The van der Waals surface area contributed by atoms with Gasteiger partial charge in [-0.05, 0) is 36.4 Å². The third-order valence-corrected chi connectivity index (χ3v) is 6.41. The summed E-state index contributed by atoms with van der Waals surface area (Å²) in [6, 6.07) is 8.10. The minimum absolute atomic E-state index is 0. The number of phenols is 2. The summed E-state index contributed by atoms with van der Waals surface area (Å²) in [5.41, 5.74) is -1.46. The summed E-state index contributed by atoms with van der Waals surface area (Å²) in [5.74, 6) is -1.42. The number of rotatable bonds is 7. The van der Waals surface area contributed by atoms with E-state index in [-0.39, 0.29) is 74.6 Å². The van der Waals surface area contributed by atoms with Crippen LogP contribution in [-0.2, 0) is 37.6 Å². The molecule has 0 aliphatic carbocycles. The number of phenolic OH excluding ortho intramolecular Hbond substituents is 2. The number of non-ortho nitro benzene ring substituents is 1. The van der Waals surface area contributed by atoms with Crippen LogP contribution < -0.4 is 29.6 Å². The molecule has 3 rings (SSSR count). The maximum atomic E-state index is 11.4. The van der Waals surface area contributed by atoms with E-state index in [9.17, 15) is 41.7 Å². The molecule has 194 valence electrons. The molecular formula is C19H13ClCrN4NaO10S2+. The van der Waals surface area contributed by atoms with Crippen molar-refractivity contribution in [1.29, 1.82) is 0 Å². The van der Waals surface area contributed by atoms with Crippen LogP contribution >= 0.6 is 11.6 Å². The standard InChI is InChI=1S/C19H13ClN4O10S2.Cr.Na/c20-14-3-2-13(35(29,30)31)8-15(14)23-22-11-1-4-17(25)10(5-11)9-21-16-6-12(24(27)28)7-18(19(16)26)36(32,33)34;;/h1-9,25-26H,(H,29,30,31)(H,32,33,34);;/q;;+1. The van der Waals surface area contributed by atoms with Crippen molar-refractivity contribution in [2.75, 3.05) is 0 Å². The number of nitrogens with zero attached hydrogens (tertiary/aromatic N) is 4. The van der Waals surface area contributed by atoms with E-state index in [1.165, 1.54) is 24.3 Å². The molecule has 19 heteroatoms. The number of hydrogen-bond donors (Lipinski definition) is 4. The SMILES string of the molecule is O=[N+]([O-])c1cc(N=Cc2cc(N=Nc3cc(S(=O)(=O)O)ccc3Cl)ccc2O)c(O)c(S(=O)(=O)O)c1.[Cr].[Na+]. The molecule has 0 bridgehead atoms. The fraction of sp³-hybridized carbons (Fsp3) is 0. The van der Waals surface area contributed by atoms with E-state index in [1.54, 1.807) is 0 Å². The Kier molecular flexibility index (Phi) is 11.6. The zero-order valence-corrected chi connectivity index (χ0v) is 24.5. The number of nitro groups is 1. The molecule has 3 aromatic carbocycles. The summed E-state index contributed by atoms with van der Waals surface area (Å²) in [7, 11) is -9.55. The maximum absolute atomic E-state index is 11.4. The summed E-state index contributed by atoms with van der Waals surface area (Å²) >= 11 is 5.96. The molecule has 0 radical (unpaired) electrons. The first-order valence-electron chi connectivity index (χ1n) is 9.21. The van der Waals surface area contributed by atoms with Gasteiger partial charge in [-0.15, -0.1) is 5.11 Å². The average molecular weight is 632 g/mol. The Bertz CT molecular complexity index is 1670. The molecule has 0 heterocycles. The molecule has 0 aliphatic heterocycles. The number of aliphatic imine (C=N–C) groups is 1. The third kappa shape index (κ3) is 8.28. The van der Waals surface area contributed by atoms with E-state index in [2.05, 4.69) is 15.2 Å². The van der Waals surface area contributed by atoms with E-state index in [0.29, 0.717) is 6.07 Å². The molecule has 0 unspecified atom stereocenters. The summed E-state index contributed by atoms with van der Waals surface area (Å²) in [6.45, 7) is 0. The molecule has 0 saturated carbocycles. The predicted octanol–water partition coefficient (Wildman–Crippen LogP) is 1.32. The van der Waals surface area contributed by atoms with Gasteiger partial charge in [0.25, 0.3) is 25.9 Å². The summed E-state index contributed by atoms with van der Waals surface area (Å²) in [5, 5.41) is 38.9. The Hall–Kier alpha value is -2.43. The molecule has 4 N–H and O–H groups in total. The van der Waals surface area contributed by atoms with Crippen molar-refractivity contribution in [3.05, 3.63) is 69.2 Å². The van der Waals surface area contributed by atoms with Gasteiger partial charge in [0.05, 0.1) is 20.5 Å². The van der Waals surface area contributed by atoms with Gasteiger partial charge >= 0.3 is 29.6 Å². The molecule has 14 nitrogen and oxygen atoms in total. The normalized spacial score (nSPS) is 11.8. The Morgan fingerprint density at radius 3 is 2.13 bits per heavy atom. The molecular weight excluding hydrogens is 619 g/mol. The second-order valence-electron chi connectivity index (χ2n) is 6.83. The topological polar surface area (TPSA) is 229 Å². The van der Waals surface area contributed by atoms with E-state index in [0.717, 1.165) is 24.4 Å². The zero-order valence-electron chi connectivity index (χ0n) is 18.8. The van der Waals surface area contributed by atoms with Gasteiger partial charge in [0.1, 0.15) is 22.0 Å². The molecule has 0 spiro atoms. The van der Waals surface area contributed by atoms with Crippen LogP contribution in [0.1, 0.15) is 5.56 Å². The number of nitro benzene ring substituents is 1. The van der Waals surface area contributed by atoms with Gasteiger partial charge in [0, 0.05) is 41.3 Å². The van der Waals surface area contributed by atoms with Crippen LogP contribution in [0.3, 0.4) is 0 Å². The van der Waals surface area contributed by atoms with Gasteiger partial charge in [-0.2, -0.15) is 21.9 Å². The van der Waals surface area contributed by atoms with Crippen molar-refractivity contribution >= 4 is 60.8 Å². The third-order valence-electron chi connectivity index (χ3n) is 4.37. The van der Waals surface area contributed by atoms with E-state index < -0.39 is 52.1 Å². The van der Waals surface area contributed by atoms with Gasteiger partial charge in [-0.1, -0.05) is 11.6 Å². The molecule has 0 aliphatic rings. The van der Waals surface area contributed by atoms with Crippen LogP contribution in [0.2, 0.25) is 5.02 Å². The van der Waals surface area contributed by atoms with Gasteiger partial charge in [0.15, 0.2) is 5.75 Å². The van der Waals surface area contributed by atoms with Gasteiger partial charge in [-0.25, -0.2) is 0 Å². The second kappa shape index (κ2) is 13.1. The minimum Gasteiger partial charge on any atom is -0.507 e. The van der Waals surface area contributed by atoms with Crippen molar-refractivity contribution in [2.45, 2.75) is 9.79 Å². The quantitative estimate of drug-likeness (QED) is 0.0729. The Labute approximate surface area is 252 Å². The first-order chi connectivity index (χ1) is 16.7. The largest absolute Gasteiger partial charge is 1.00 e. The first kappa shape index (κ1) is 33.6. The van der Waals surface area contributed by atoms with Crippen LogP contribution in [0, 0.1) is 10.1 Å². The number of hydrogen-bond acceptors (Lipinski definition) is 11. The fourth-order valence-corrected chi connectivity index (χ4v) is 3.94. The molecule has 0 saturated heterocycles. The van der Waals surface area contributed by atoms with Crippen LogP contribution in [-0.4, -0.2) is 47.3 Å². The Balaban J connectivity index is 0.00000361. The van der Waals surface area contributed by atoms with Crippen LogP contribution in [0.4, 0.5) is 22.7 Å². The smallest absolute Gasteiger partial charge is 0.507 e. The maximum Gasteiger partial charge on any atom is 1.00 e. The van der Waals surface area contributed by atoms with Crippen molar-refractivity contribution < 1.29 is 88.0 Å². The number of benzene rings is 3. The second-order valence-corrected chi connectivity index (χ2v) is 10.1. The van der Waals surface area contributed by atoms with Crippen LogP contribution in [0.15, 0.2) is 73.5 Å². The van der Waals surface area contributed by atoms with Gasteiger partial charge < -0.3 is 10.2 Å². The molecule has 0 aromatic heterocycles. The molecule has 38 heavy (non-hydrogen) atoms. The van der Waals surface area contributed by atoms with E-state index >= 15 is 0 Å². The molecule has 0 fully saturated rings. The molecule has 0 amide bonds. The number of aromatic hydroxyl groups is 2. The Morgan fingerprint density at radius 2 is 1.55 bits per heavy atom. The van der Waals surface area contributed by atoms with Gasteiger partial charge in [-0.3, -0.25) is 24.2 Å². The van der Waals surface area contributed by atoms with Crippen molar-refractivity contribution in [2.24, 2.45) is 15.2 Å². The van der Waals surface area contributed by atoms with E-state index in [1.807, 2.05) is 0 Å². The van der Waals surface area contributed by atoms with Crippen LogP contribution in [0.25, 0.3) is 0 Å². The number of halogens is 1. The van der Waals surface area contributed by atoms with E-state index in [4.69, 9.17) is 16.2 Å². The fourth-order valence-electron chi connectivity index (χ4n) is 2.67. The summed E-state index contributed by atoms with van der Waals surface area (Å²) in [4.78, 5) is 12.3. The summed E-state index contributed by atoms with van der Waals surface area (Å²) < 4.78 is 63.8. The number of azo groups is 1. The van der Waals surface area contributed by atoms with Crippen molar-refractivity contribution in [1.82, 2.24) is 0 Å². The van der Waals surface area contributed by atoms with Crippen molar-refractivity contribution in [3.8, 4) is 11.5 Å². The van der Waals surface area contributed by atoms with Gasteiger partial charge in [0.2, 0.25) is 0 Å². The monoisotopic (exact) mass is 631 g/mol. The predicted molar refractivity (Wildman–Crippen MR) is 125 cm³/mol. The minimum atomic E-state index is -5.03. The molecule has 0 atom stereocenters. The van der Waals surface area contributed by atoms with Crippen molar-refractivity contribution in [3.63, 3.8) is 0 Å². The average Bonchev–Trinajstić information content (AvgIpc) is 2.77.